The van der Waals surface area contributed by atoms with Crippen LogP contribution in [0.2, 0.25) is 0 Å². The van der Waals surface area contributed by atoms with Crippen molar-refractivity contribution in [2.24, 2.45) is 11.8 Å². The molecule has 0 aromatic heterocycles. The van der Waals surface area contributed by atoms with E-state index in [-0.39, 0.29) is 34.3 Å². The van der Waals surface area contributed by atoms with Gasteiger partial charge in [-0.25, -0.2) is 9.18 Å². The predicted molar refractivity (Wildman–Crippen MR) is 99.7 cm³/mol. The smallest absolute Gasteiger partial charge is 0.413 e. The first-order chi connectivity index (χ1) is 12.5. The monoisotopic (exact) mass is 404 g/mol. The summed E-state index contributed by atoms with van der Waals surface area (Å²) in [5, 5.41) is 4.79. The molecule has 3 aliphatic rings. The average molecular weight is 405 g/mol. The van der Waals surface area contributed by atoms with E-state index in [0.717, 1.165) is 18.6 Å². The molecule has 2 saturated heterocycles. The van der Waals surface area contributed by atoms with Gasteiger partial charge in [-0.2, -0.15) is 0 Å². The van der Waals surface area contributed by atoms with E-state index in [0.29, 0.717) is 19.3 Å². The first kappa shape index (κ1) is 19.8. The summed E-state index contributed by atoms with van der Waals surface area (Å²) < 4.78 is 18.8. The van der Waals surface area contributed by atoms with Gasteiger partial charge in [-0.1, -0.05) is 0 Å². The van der Waals surface area contributed by atoms with Crippen LogP contribution in [0.5, 0.6) is 0 Å². The van der Waals surface area contributed by atoms with Crippen LogP contribution in [0.3, 0.4) is 0 Å². The molecular formula is C17H25FN2O4S2. The Hall–Kier alpha value is -0.960. The van der Waals surface area contributed by atoms with E-state index in [2.05, 4.69) is 10.6 Å². The lowest BCUT2D eigenvalue weighted by Crippen LogP contribution is -2.46. The van der Waals surface area contributed by atoms with Crippen LogP contribution >= 0.6 is 23.5 Å². The molecule has 3 fully saturated rings. The molecule has 6 atom stereocenters. The maximum atomic E-state index is 14.1. The molecule has 2 heterocycles. The second-order valence-electron chi connectivity index (χ2n) is 6.91. The Morgan fingerprint density at radius 2 is 2.00 bits per heavy atom. The third kappa shape index (κ3) is 4.47. The number of alkyl carbamates (subject to hydrolysis) is 1. The third-order valence-corrected chi connectivity index (χ3v) is 8.19. The average Bonchev–Trinajstić information content (AvgIpc) is 3.22. The summed E-state index contributed by atoms with van der Waals surface area (Å²) in [4.78, 5) is 36.3. The fraction of sp³-hybridized carbons (Fsp3) is 0.824. The molecule has 0 aromatic rings. The number of hydrogen-bond acceptors (Lipinski definition) is 6. The number of nitrogens with one attached hydrogen (secondary N) is 2. The molecule has 146 valence electrons. The molecular weight excluding hydrogens is 379 g/mol. The topological polar surface area (TPSA) is 84.5 Å². The van der Waals surface area contributed by atoms with Gasteiger partial charge in [0.2, 0.25) is 11.8 Å². The Morgan fingerprint density at radius 1 is 1.19 bits per heavy atom. The number of fused-ring (bicyclic) bond motifs is 1. The molecule has 0 bridgehead atoms. The normalized spacial score (nSPS) is 36.2. The number of halogens is 1. The Balaban J connectivity index is 1.53. The number of ether oxygens (including phenoxy) is 1. The zero-order valence-corrected chi connectivity index (χ0v) is 16.4. The molecule has 0 aromatic carbocycles. The van der Waals surface area contributed by atoms with Gasteiger partial charge in [-0.3, -0.25) is 14.9 Å². The van der Waals surface area contributed by atoms with Crippen molar-refractivity contribution in [1.29, 1.82) is 0 Å². The van der Waals surface area contributed by atoms with Gasteiger partial charge < -0.3 is 10.1 Å². The minimum atomic E-state index is -0.803. The molecule has 1 aliphatic carbocycles. The molecule has 3 rings (SSSR count). The molecule has 6 unspecified atom stereocenters. The second-order valence-corrected chi connectivity index (χ2v) is 9.61. The van der Waals surface area contributed by atoms with Gasteiger partial charge in [0, 0.05) is 11.2 Å². The minimum absolute atomic E-state index is 0.0244. The first-order valence-corrected chi connectivity index (χ1v) is 11.2. The maximum Gasteiger partial charge on any atom is 0.413 e. The summed E-state index contributed by atoms with van der Waals surface area (Å²) in [7, 11) is 0. The van der Waals surface area contributed by atoms with Crippen LogP contribution in [0.1, 0.15) is 39.0 Å². The molecule has 3 amide bonds. The van der Waals surface area contributed by atoms with Crippen LogP contribution in [0.25, 0.3) is 0 Å². The van der Waals surface area contributed by atoms with E-state index in [1.54, 1.807) is 18.7 Å². The Bertz CT molecular complexity index is 565. The number of amides is 3. The van der Waals surface area contributed by atoms with Crippen molar-refractivity contribution in [2.45, 2.75) is 61.1 Å². The van der Waals surface area contributed by atoms with E-state index in [9.17, 15) is 18.8 Å². The molecule has 9 heteroatoms. The lowest BCUT2D eigenvalue weighted by molar-refractivity contribution is -0.125. The number of thioether (sulfide) groups is 2. The highest BCUT2D eigenvalue weighted by Gasteiger charge is 2.45. The molecule has 2 aliphatic heterocycles. The van der Waals surface area contributed by atoms with Crippen molar-refractivity contribution in [2.75, 3.05) is 12.4 Å². The van der Waals surface area contributed by atoms with Crippen molar-refractivity contribution in [3.05, 3.63) is 0 Å². The van der Waals surface area contributed by atoms with E-state index in [1.807, 2.05) is 0 Å². The van der Waals surface area contributed by atoms with Crippen molar-refractivity contribution in [1.82, 2.24) is 10.6 Å². The zero-order valence-electron chi connectivity index (χ0n) is 14.7. The molecule has 0 radical (unpaired) electrons. The van der Waals surface area contributed by atoms with Crippen LogP contribution in [-0.2, 0) is 14.3 Å². The van der Waals surface area contributed by atoms with E-state index >= 15 is 0 Å². The number of rotatable bonds is 4. The molecule has 1 saturated carbocycles. The molecule has 6 nitrogen and oxygen atoms in total. The molecule has 0 spiro atoms. The number of carbonyl (C=O) groups excluding carboxylic acids is 3. The molecule has 26 heavy (non-hydrogen) atoms. The van der Waals surface area contributed by atoms with E-state index in [1.165, 1.54) is 11.8 Å². The Labute approximate surface area is 161 Å². The quantitative estimate of drug-likeness (QED) is 0.749. The van der Waals surface area contributed by atoms with Gasteiger partial charge in [-0.05, 0) is 44.8 Å². The van der Waals surface area contributed by atoms with Gasteiger partial charge in [-0.15, -0.1) is 23.5 Å². The largest absolute Gasteiger partial charge is 0.450 e. The second kappa shape index (κ2) is 8.82. The fourth-order valence-corrected chi connectivity index (χ4v) is 6.99. The predicted octanol–water partition coefficient (Wildman–Crippen LogP) is 2.47. The molecule has 2 N–H and O–H groups in total. The third-order valence-electron chi connectivity index (χ3n) is 5.24. The Morgan fingerprint density at radius 3 is 2.73 bits per heavy atom. The standard InChI is InChI=1S/C17H25FN2O4S2/c1-2-24-17(23)20-14(21)9-6-7-25-16(9)19-15(22)13-8-10-11(18)4-3-5-12(10)26-13/h9-13,16H,2-8H2,1H3,(H,19,22)(H,20,21,23). The van der Waals surface area contributed by atoms with Crippen LogP contribution in [-0.4, -0.2) is 52.3 Å². The summed E-state index contributed by atoms with van der Waals surface area (Å²) in [5.41, 5.74) is 0. The first-order valence-electron chi connectivity index (χ1n) is 9.18. The van der Waals surface area contributed by atoms with Gasteiger partial charge in [0.1, 0.15) is 6.17 Å². The van der Waals surface area contributed by atoms with Crippen LogP contribution in [0.15, 0.2) is 0 Å². The number of hydrogen-bond donors (Lipinski definition) is 2. The van der Waals surface area contributed by atoms with Crippen molar-refractivity contribution in [3.8, 4) is 0 Å². The van der Waals surface area contributed by atoms with Crippen molar-refractivity contribution in [3.63, 3.8) is 0 Å². The minimum Gasteiger partial charge on any atom is -0.450 e. The lowest BCUT2D eigenvalue weighted by Gasteiger charge is -2.27. The summed E-state index contributed by atoms with van der Waals surface area (Å²) >= 11 is 3.08. The highest BCUT2D eigenvalue weighted by atomic mass is 32.2. The van der Waals surface area contributed by atoms with Crippen molar-refractivity contribution < 1.29 is 23.5 Å². The fourth-order valence-electron chi connectivity index (χ4n) is 3.92. The Kier molecular flexibility index (Phi) is 6.71. The number of carbonyl (C=O) groups is 3. The summed E-state index contributed by atoms with van der Waals surface area (Å²) in [6, 6.07) is 0. The highest BCUT2D eigenvalue weighted by Crippen LogP contribution is 2.47. The van der Waals surface area contributed by atoms with Gasteiger partial charge in [0.25, 0.3) is 0 Å². The zero-order chi connectivity index (χ0) is 18.7. The van der Waals surface area contributed by atoms with E-state index < -0.39 is 24.1 Å². The van der Waals surface area contributed by atoms with Gasteiger partial charge >= 0.3 is 6.09 Å². The van der Waals surface area contributed by atoms with E-state index in [4.69, 9.17) is 4.74 Å². The van der Waals surface area contributed by atoms with Crippen LogP contribution in [0.4, 0.5) is 9.18 Å². The maximum absolute atomic E-state index is 14.1. The summed E-state index contributed by atoms with van der Waals surface area (Å²) in [5.74, 6) is -0.290. The number of imide groups is 1. The highest BCUT2D eigenvalue weighted by molar-refractivity contribution is 8.01. The van der Waals surface area contributed by atoms with Crippen LogP contribution in [0, 0.1) is 11.8 Å². The number of alkyl halides is 1. The summed E-state index contributed by atoms with van der Waals surface area (Å²) in [6.45, 7) is 1.85. The van der Waals surface area contributed by atoms with Gasteiger partial charge in [0.05, 0.1) is 23.1 Å². The van der Waals surface area contributed by atoms with Gasteiger partial charge in [0.15, 0.2) is 0 Å². The SMILES string of the molecule is CCOC(=O)NC(=O)C1CCSC1NC(=O)C1CC2C(F)CCCC2S1. The lowest BCUT2D eigenvalue weighted by atomic mass is 9.84. The van der Waals surface area contributed by atoms with Crippen molar-refractivity contribution >= 4 is 41.4 Å². The summed E-state index contributed by atoms with van der Waals surface area (Å²) in [6.07, 6.45) is 2.06. The van der Waals surface area contributed by atoms with Crippen LogP contribution < -0.4 is 10.6 Å².